The number of aromatic hydroxyl groups is 1. The number of carbonyl (C=O) groups is 1. The Labute approximate surface area is 188 Å². The van der Waals surface area contributed by atoms with Crippen LogP contribution in [-0.2, 0) is 4.79 Å². The number of phenols is 1. The maximum absolute atomic E-state index is 12.3. The van der Waals surface area contributed by atoms with Gasteiger partial charge in [-0.2, -0.15) is 0 Å². The first-order valence-electron chi connectivity index (χ1n) is 9.39. The molecule has 6 nitrogen and oxygen atoms in total. The van der Waals surface area contributed by atoms with Gasteiger partial charge in [-0.3, -0.25) is 4.79 Å². The summed E-state index contributed by atoms with van der Waals surface area (Å²) < 4.78 is 11.3. The van der Waals surface area contributed by atoms with Crippen LogP contribution in [0.1, 0.15) is 11.1 Å². The van der Waals surface area contributed by atoms with E-state index in [2.05, 4.69) is 10.3 Å². The maximum atomic E-state index is 12.3. The molecule has 1 heterocycles. The van der Waals surface area contributed by atoms with Gasteiger partial charge in [0.05, 0.1) is 10.6 Å². The average Bonchev–Trinajstić information content (AvgIpc) is 3.10. The molecule has 8 heteroatoms. The molecule has 0 saturated heterocycles. The minimum Gasteiger partial charge on any atom is -0.507 e. The Balaban J connectivity index is 1.46. The number of ether oxygens (including phenoxy) is 1. The van der Waals surface area contributed by atoms with Crippen molar-refractivity contribution in [2.45, 2.75) is 13.8 Å². The van der Waals surface area contributed by atoms with Crippen LogP contribution in [-0.4, -0.2) is 22.6 Å². The second-order valence-electron chi connectivity index (χ2n) is 7.09. The number of nitrogens with one attached hydrogen (secondary N) is 1. The van der Waals surface area contributed by atoms with Crippen LogP contribution >= 0.6 is 23.2 Å². The molecule has 0 fully saturated rings. The number of aryl methyl sites for hydroxylation is 2. The van der Waals surface area contributed by atoms with Crippen LogP contribution in [0.4, 0.5) is 5.69 Å². The van der Waals surface area contributed by atoms with Crippen LogP contribution in [0.15, 0.2) is 52.9 Å². The molecule has 158 valence electrons. The Bertz CT molecular complexity index is 1280. The molecule has 0 spiro atoms. The molecule has 4 aromatic rings. The van der Waals surface area contributed by atoms with E-state index in [4.69, 9.17) is 32.4 Å². The van der Waals surface area contributed by atoms with Crippen molar-refractivity contribution in [3.05, 3.63) is 69.7 Å². The van der Waals surface area contributed by atoms with Gasteiger partial charge in [-0.25, -0.2) is 4.98 Å². The minimum absolute atomic E-state index is 0.0708. The van der Waals surface area contributed by atoms with Gasteiger partial charge >= 0.3 is 0 Å². The first-order valence-corrected chi connectivity index (χ1v) is 10.1. The zero-order valence-corrected chi connectivity index (χ0v) is 18.2. The van der Waals surface area contributed by atoms with E-state index in [0.29, 0.717) is 44.0 Å². The number of aromatic nitrogens is 1. The molecule has 0 aliphatic carbocycles. The van der Waals surface area contributed by atoms with Crippen LogP contribution in [0.25, 0.3) is 22.6 Å². The number of hydrogen-bond acceptors (Lipinski definition) is 5. The molecular weight excluding hydrogens is 439 g/mol. The Kier molecular flexibility index (Phi) is 5.76. The average molecular weight is 457 g/mol. The van der Waals surface area contributed by atoms with Crippen LogP contribution in [0.5, 0.6) is 11.5 Å². The highest BCUT2D eigenvalue weighted by Gasteiger charge is 2.15. The minimum atomic E-state index is -0.407. The fraction of sp³-hybridized carbons (Fsp3) is 0.130. The Morgan fingerprint density at radius 2 is 1.94 bits per heavy atom. The highest BCUT2D eigenvalue weighted by Crippen LogP contribution is 2.34. The highest BCUT2D eigenvalue weighted by molar-refractivity contribution is 6.35. The molecule has 0 aliphatic rings. The van der Waals surface area contributed by atoms with Gasteiger partial charge in [0.1, 0.15) is 17.0 Å². The molecule has 0 aliphatic heterocycles. The summed E-state index contributed by atoms with van der Waals surface area (Å²) in [5.74, 6) is 0.214. The third-order valence-electron chi connectivity index (χ3n) is 4.60. The Morgan fingerprint density at radius 3 is 2.68 bits per heavy atom. The fourth-order valence-corrected chi connectivity index (χ4v) is 3.80. The van der Waals surface area contributed by atoms with Crippen molar-refractivity contribution in [2.24, 2.45) is 0 Å². The number of halogens is 2. The van der Waals surface area contributed by atoms with E-state index < -0.39 is 5.91 Å². The number of hydrogen-bond donors (Lipinski definition) is 2. The lowest BCUT2D eigenvalue weighted by Gasteiger charge is -2.12. The number of oxazole rings is 1. The fourth-order valence-electron chi connectivity index (χ4n) is 3.15. The summed E-state index contributed by atoms with van der Waals surface area (Å²) in [4.78, 5) is 16.7. The molecule has 3 aromatic carbocycles. The van der Waals surface area contributed by atoms with E-state index in [-0.39, 0.29) is 12.4 Å². The number of phenolic OH excluding ortho intramolecular Hbond substituents is 1. The molecule has 0 bridgehead atoms. The first-order chi connectivity index (χ1) is 14.8. The molecular formula is C23H18Cl2N2O4. The molecule has 0 unspecified atom stereocenters. The van der Waals surface area contributed by atoms with Crippen LogP contribution in [0, 0.1) is 13.8 Å². The lowest BCUT2D eigenvalue weighted by Crippen LogP contribution is -2.20. The van der Waals surface area contributed by atoms with Crippen LogP contribution in [0.3, 0.4) is 0 Å². The summed E-state index contributed by atoms with van der Waals surface area (Å²) in [5.41, 5.74) is 3.95. The Morgan fingerprint density at radius 1 is 1.13 bits per heavy atom. The van der Waals surface area contributed by atoms with Gasteiger partial charge in [-0.1, -0.05) is 29.3 Å². The van der Waals surface area contributed by atoms with Crippen LogP contribution < -0.4 is 10.1 Å². The second-order valence-corrected chi connectivity index (χ2v) is 7.94. The molecule has 0 saturated carbocycles. The summed E-state index contributed by atoms with van der Waals surface area (Å²) >= 11 is 12.1. The number of benzene rings is 3. The summed E-state index contributed by atoms with van der Waals surface area (Å²) in [6, 6.07) is 13.6. The number of amides is 1. The van der Waals surface area contributed by atoms with E-state index in [1.165, 1.54) is 6.07 Å². The zero-order valence-electron chi connectivity index (χ0n) is 16.7. The third kappa shape index (κ3) is 4.60. The summed E-state index contributed by atoms with van der Waals surface area (Å²) in [6.07, 6.45) is 0. The molecule has 0 atom stereocenters. The smallest absolute Gasteiger partial charge is 0.262 e. The first kappa shape index (κ1) is 21.0. The van der Waals surface area contributed by atoms with Gasteiger partial charge in [0.2, 0.25) is 5.89 Å². The number of nitrogens with zero attached hydrogens (tertiary/aromatic N) is 1. The standard InChI is InChI=1S/C23H18Cl2N2O4/c1-12-3-6-20-18(7-12)27-23(31-20)16-5-4-15(10-19(16)28)26-21(29)11-30-22-13(2)8-14(24)9-17(22)25/h3-10,28H,11H2,1-2H3,(H,26,29). The summed E-state index contributed by atoms with van der Waals surface area (Å²) in [7, 11) is 0. The number of anilines is 1. The number of rotatable bonds is 5. The zero-order chi connectivity index (χ0) is 22.1. The van der Waals surface area contributed by atoms with E-state index in [0.717, 1.165) is 11.1 Å². The van der Waals surface area contributed by atoms with Gasteiger partial charge < -0.3 is 19.6 Å². The van der Waals surface area contributed by atoms with Gasteiger partial charge in [-0.05, 0) is 61.4 Å². The van der Waals surface area contributed by atoms with Gasteiger partial charge in [0.15, 0.2) is 12.2 Å². The van der Waals surface area contributed by atoms with E-state index in [1.807, 2.05) is 25.1 Å². The molecule has 1 amide bonds. The molecule has 4 rings (SSSR count). The van der Waals surface area contributed by atoms with E-state index in [9.17, 15) is 9.90 Å². The SMILES string of the molecule is Cc1ccc2oc(-c3ccc(NC(=O)COc4c(C)cc(Cl)cc4Cl)cc3O)nc2c1. The van der Waals surface area contributed by atoms with Crippen molar-refractivity contribution in [2.75, 3.05) is 11.9 Å². The van der Waals surface area contributed by atoms with Gasteiger partial charge in [0, 0.05) is 16.8 Å². The van der Waals surface area contributed by atoms with Crippen molar-refractivity contribution in [3.63, 3.8) is 0 Å². The monoisotopic (exact) mass is 456 g/mol. The topological polar surface area (TPSA) is 84.6 Å². The molecule has 0 radical (unpaired) electrons. The van der Waals surface area contributed by atoms with E-state index in [1.54, 1.807) is 31.2 Å². The van der Waals surface area contributed by atoms with Crippen molar-refractivity contribution < 1.29 is 19.1 Å². The van der Waals surface area contributed by atoms with Crippen LogP contribution in [0.2, 0.25) is 10.0 Å². The predicted molar refractivity (Wildman–Crippen MR) is 121 cm³/mol. The quantitative estimate of drug-likeness (QED) is 0.376. The van der Waals surface area contributed by atoms with Crippen molar-refractivity contribution in [1.29, 1.82) is 0 Å². The number of carbonyl (C=O) groups excluding carboxylic acids is 1. The summed E-state index contributed by atoms with van der Waals surface area (Å²) in [6.45, 7) is 3.50. The van der Waals surface area contributed by atoms with E-state index >= 15 is 0 Å². The van der Waals surface area contributed by atoms with Crippen molar-refractivity contribution in [1.82, 2.24) is 4.98 Å². The molecule has 31 heavy (non-hydrogen) atoms. The molecule has 1 aromatic heterocycles. The largest absolute Gasteiger partial charge is 0.507 e. The Hall–Kier alpha value is -3.22. The predicted octanol–water partition coefficient (Wildman–Crippen LogP) is 6.14. The van der Waals surface area contributed by atoms with Gasteiger partial charge in [-0.15, -0.1) is 0 Å². The van der Waals surface area contributed by atoms with Crippen molar-refractivity contribution >= 4 is 45.9 Å². The third-order valence-corrected chi connectivity index (χ3v) is 5.10. The van der Waals surface area contributed by atoms with Gasteiger partial charge in [0.25, 0.3) is 5.91 Å². The molecule has 2 N–H and O–H groups in total. The lowest BCUT2D eigenvalue weighted by molar-refractivity contribution is -0.118. The maximum Gasteiger partial charge on any atom is 0.262 e. The highest BCUT2D eigenvalue weighted by atomic mass is 35.5. The lowest BCUT2D eigenvalue weighted by atomic mass is 10.2. The summed E-state index contributed by atoms with van der Waals surface area (Å²) in [5, 5.41) is 13.9. The normalized spacial score (nSPS) is 11.0. The van der Waals surface area contributed by atoms with Crippen molar-refractivity contribution in [3.8, 4) is 23.0 Å². The number of fused-ring (bicyclic) bond motifs is 1. The second kappa shape index (κ2) is 8.49.